The van der Waals surface area contributed by atoms with E-state index in [9.17, 15) is 4.79 Å². The van der Waals surface area contributed by atoms with Crippen LogP contribution < -0.4 is 5.32 Å². The zero-order valence-corrected chi connectivity index (χ0v) is 10.8. The van der Waals surface area contributed by atoms with E-state index in [2.05, 4.69) is 11.4 Å². The Bertz CT molecular complexity index is 642. The third-order valence-electron chi connectivity index (χ3n) is 2.87. The number of nitrogens with zero attached hydrogens (tertiary/aromatic N) is 1. The van der Waals surface area contributed by atoms with Crippen LogP contribution in [0.1, 0.15) is 16.7 Å². The van der Waals surface area contributed by atoms with Crippen LogP contribution in [0.4, 0.5) is 5.69 Å². The average Bonchev–Trinajstić information content (AvgIpc) is 2.46. The van der Waals surface area contributed by atoms with E-state index in [1.54, 1.807) is 12.1 Å². The van der Waals surface area contributed by atoms with E-state index in [-0.39, 0.29) is 6.42 Å². The van der Waals surface area contributed by atoms with Crippen molar-refractivity contribution in [3.05, 3.63) is 65.2 Å². The Hall–Kier alpha value is -2.80. The number of nitrogens with one attached hydrogen (secondary N) is 1. The van der Waals surface area contributed by atoms with Crippen LogP contribution in [0.25, 0.3) is 0 Å². The Balaban J connectivity index is 1.97. The van der Waals surface area contributed by atoms with Crippen LogP contribution in [0.5, 0.6) is 0 Å². The molecule has 0 aromatic heterocycles. The van der Waals surface area contributed by atoms with Gasteiger partial charge in [-0.3, -0.25) is 4.79 Å². The van der Waals surface area contributed by atoms with Crippen LogP contribution >= 0.6 is 0 Å². The fourth-order valence-corrected chi connectivity index (χ4v) is 1.85. The molecule has 2 aromatic carbocycles. The van der Waals surface area contributed by atoms with Crippen molar-refractivity contribution in [2.75, 3.05) is 5.32 Å². The maximum atomic E-state index is 10.6. The van der Waals surface area contributed by atoms with E-state index in [0.29, 0.717) is 12.1 Å². The molecule has 4 heteroatoms. The smallest absolute Gasteiger partial charge is 0.307 e. The number of carboxylic acid groups (broad SMARTS) is 1. The molecule has 2 rings (SSSR count). The highest BCUT2D eigenvalue weighted by Crippen LogP contribution is 2.12. The highest BCUT2D eigenvalue weighted by molar-refractivity contribution is 5.70. The molecule has 0 unspecified atom stereocenters. The quantitative estimate of drug-likeness (QED) is 0.872. The van der Waals surface area contributed by atoms with E-state index in [4.69, 9.17) is 10.4 Å². The molecule has 0 atom stereocenters. The zero-order valence-electron chi connectivity index (χ0n) is 10.8. The van der Waals surface area contributed by atoms with Crippen molar-refractivity contribution in [3.8, 4) is 6.07 Å². The van der Waals surface area contributed by atoms with Gasteiger partial charge in [0.1, 0.15) is 0 Å². The van der Waals surface area contributed by atoms with Gasteiger partial charge in [-0.1, -0.05) is 30.3 Å². The van der Waals surface area contributed by atoms with Gasteiger partial charge in [0.15, 0.2) is 0 Å². The number of benzene rings is 2. The van der Waals surface area contributed by atoms with Crippen molar-refractivity contribution in [2.24, 2.45) is 0 Å². The Morgan fingerprint density at radius 3 is 2.50 bits per heavy atom. The molecule has 0 heterocycles. The molecular weight excluding hydrogens is 252 g/mol. The average molecular weight is 266 g/mol. The molecule has 100 valence electrons. The van der Waals surface area contributed by atoms with Gasteiger partial charge in [-0.25, -0.2) is 0 Å². The molecule has 20 heavy (non-hydrogen) atoms. The number of aliphatic carboxylic acids is 1. The second-order valence-electron chi connectivity index (χ2n) is 4.43. The third-order valence-corrected chi connectivity index (χ3v) is 2.87. The number of anilines is 1. The van der Waals surface area contributed by atoms with Crippen LogP contribution in [-0.4, -0.2) is 11.1 Å². The fourth-order valence-electron chi connectivity index (χ4n) is 1.85. The van der Waals surface area contributed by atoms with Gasteiger partial charge >= 0.3 is 5.97 Å². The molecule has 0 aliphatic carbocycles. The molecule has 0 saturated heterocycles. The molecule has 0 fully saturated rings. The van der Waals surface area contributed by atoms with Gasteiger partial charge in [-0.05, 0) is 29.3 Å². The lowest BCUT2D eigenvalue weighted by molar-refractivity contribution is -0.136. The molecule has 0 aliphatic heterocycles. The summed E-state index contributed by atoms with van der Waals surface area (Å²) in [5.41, 5.74) is 3.35. The Kier molecular flexibility index (Phi) is 4.35. The number of hydrogen-bond donors (Lipinski definition) is 2. The van der Waals surface area contributed by atoms with Gasteiger partial charge < -0.3 is 10.4 Å². The SMILES string of the molecule is N#Cc1cccc(NCc2ccc(CC(=O)O)cc2)c1. The highest BCUT2D eigenvalue weighted by atomic mass is 16.4. The lowest BCUT2D eigenvalue weighted by Crippen LogP contribution is -2.02. The summed E-state index contributed by atoms with van der Waals surface area (Å²) < 4.78 is 0. The van der Waals surface area contributed by atoms with Crippen molar-refractivity contribution in [1.82, 2.24) is 0 Å². The van der Waals surface area contributed by atoms with E-state index >= 15 is 0 Å². The van der Waals surface area contributed by atoms with Crippen molar-refractivity contribution in [2.45, 2.75) is 13.0 Å². The van der Waals surface area contributed by atoms with Crippen molar-refractivity contribution in [1.29, 1.82) is 5.26 Å². The number of carboxylic acids is 1. The van der Waals surface area contributed by atoms with Gasteiger partial charge in [0.05, 0.1) is 18.1 Å². The minimum atomic E-state index is -0.829. The molecule has 2 N–H and O–H groups in total. The van der Waals surface area contributed by atoms with Crippen molar-refractivity contribution >= 4 is 11.7 Å². The number of rotatable bonds is 5. The summed E-state index contributed by atoms with van der Waals surface area (Å²) in [6.45, 7) is 0.627. The molecular formula is C16H14N2O2. The Morgan fingerprint density at radius 1 is 1.15 bits per heavy atom. The van der Waals surface area contributed by atoms with E-state index in [1.165, 1.54) is 0 Å². The van der Waals surface area contributed by atoms with E-state index in [1.807, 2.05) is 36.4 Å². The largest absolute Gasteiger partial charge is 0.481 e. The summed E-state index contributed by atoms with van der Waals surface area (Å²) in [5.74, 6) is -0.829. The summed E-state index contributed by atoms with van der Waals surface area (Å²) in [6, 6.07) is 16.8. The number of nitriles is 1. The van der Waals surface area contributed by atoms with Crippen LogP contribution in [0.2, 0.25) is 0 Å². The van der Waals surface area contributed by atoms with Crippen LogP contribution in [0.15, 0.2) is 48.5 Å². The zero-order chi connectivity index (χ0) is 14.4. The summed E-state index contributed by atoms with van der Waals surface area (Å²) in [4.78, 5) is 10.6. The second kappa shape index (κ2) is 6.39. The molecule has 0 amide bonds. The maximum absolute atomic E-state index is 10.6. The summed E-state index contributed by atoms with van der Waals surface area (Å²) in [6.07, 6.45) is 0.0396. The highest BCUT2D eigenvalue weighted by Gasteiger charge is 2.00. The lowest BCUT2D eigenvalue weighted by Gasteiger charge is -2.07. The van der Waals surface area contributed by atoms with Gasteiger partial charge in [-0.2, -0.15) is 5.26 Å². The summed E-state index contributed by atoms with van der Waals surface area (Å²) >= 11 is 0. The second-order valence-corrected chi connectivity index (χ2v) is 4.43. The van der Waals surface area contributed by atoms with Crippen molar-refractivity contribution < 1.29 is 9.90 Å². The molecule has 0 radical (unpaired) electrons. The number of carbonyl (C=O) groups is 1. The third kappa shape index (κ3) is 3.85. The molecule has 0 saturated carbocycles. The maximum Gasteiger partial charge on any atom is 0.307 e. The van der Waals surface area contributed by atoms with Gasteiger partial charge in [0.25, 0.3) is 0 Å². The van der Waals surface area contributed by atoms with Gasteiger partial charge in [-0.15, -0.1) is 0 Å². The summed E-state index contributed by atoms with van der Waals surface area (Å²) in [5, 5.41) is 20.8. The normalized spacial score (nSPS) is 9.75. The first-order valence-electron chi connectivity index (χ1n) is 6.21. The van der Waals surface area contributed by atoms with Gasteiger partial charge in [0.2, 0.25) is 0 Å². The molecule has 0 aliphatic rings. The van der Waals surface area contributed by atoms with Gasteiger partial charge in [0, 0.05) is 12.2 Å². The predicted octanol–water partition coefficient (Wildman–Crippen LogP) is 2.80. The first-order valence-corrected chi connectivity index (χ1v) is 6.21. The lowest BCUT2D eigenvalue weighted by atomic mass is 10.1. The van der Waals surface area contributed by atoms with Crippen molar-refractivity contribution in [3.63, 3.8) is 0 Å². The minimum Gasteiger partial charge on any atom is -0.481 e. The van der Waals surface area contributed by atoms with E-state index in [0.717, 1.165) is 16.8 Å². The van der Waals surface area contributed by atoms with E-state index < -0.39 is 5.97 Å². The van der Waals surface area contributed by atoms with Crippen LogP contribution in [0, 0.1) is 11.3 Å². The minimum absolute atomic E-state index is 0.0396. The topological polar surface area (TPSA) is 73.1 Å². The Morgan fingerprint density at radius 2 is 1.85 bits per heavy atom. The molecule has 0 bridgehead atoms. The molecule has 0 spiro atoms. The van der Waals surface area contributed by atoms with Crippen LogP contribution in [0.3, 0.4) is 0 Å². The number of hydrogen-bond acceptors (Lipinski definition) is 3. The summed E-state index contributed by atoms with van der Waals surface area (Å²) in [7, 11) is 0. The predicted molar refractivity (Wildman–Crippen MR) is 76.3 cm³/mol. The standard InChI is InChI=1S/C16H14N2O2/c17-10-14-2-1-3-15(8-14)18-11-13-6-4-12(5-7-13)9-16(19)20/h1-8,18H,9,11H2,(H,19,20). The molecule has 4 nitrogen and oxygen atoms in total. The fraction of sp³-hybridized carbons (Fsp3) is 0.125. The Labute approximate surface area is 117 Å². The monoisotopic (exact) mass is 266 g/mol. The first-order chi connectivity index (χ1) is 9.67. The first kappa shape index (κ1) is 13.6. The van der Waals surface area contributed by atoms with Crippen LogP contribution in [-0.2, 0) is 17.8 Å². The molecule has 2 aromatic rings.